The molecular formula is C12H22O3. The van der Waals surface area contributed by atoms with Gasteiger partial charge in [0.2, 0.25) is 0 Å². The number of hydrogen-bond donors (Lipinski definition) is 1. The lowest BCUT2D eigenvalue weighted by Gasteiger charge is -2.19. The second-order valence-electron chi connectivity index (χ2n) is 4.63. The molecule has 0 saturated carbocycles. The minimum Gasteiger partial charge on any atom is -0.461 e. The van der Waals surface area contributed by atoms with Gasteiger partial charge in [0.05, 0.1) is 6.10 Å². The standard InChI is InChI=1S/C12H22O3/c1-9(2)7-6-8-10(3)15-11(13)12(4,5)14/h7,10,14H,6,8H2,1-5H3. The topological polar surface area (TPSA) is 46.5 Å². The number of allylic oxidation sites excluding steroid dienone is 2. The molecule has 1 unspecified atom stereocenters. The molecule has 0 aromatic carbocycles. The van der Waals surface area contributed by atoms with Crippen LogP contribution in [0.2, 0.25) is 0 Å². The highest BCUT2D eigenvalue weighted by atomic mass is 16.6. The first-order valence-corrected chi connectivity index (χ1v) is 5.30. The summed E-state index contributed by atoms with van der Waals surface area (Å²) in [5.41, 5.74) is -0.138. The van der Waals surface area contributed by atoms with E-state index in [0.29, 0.717) is 0 Å². The Morgan fingerprint density at radius 3 is 2.40 bits per heavy atom. The van der Waals surface area contributed by atoms with Crippen molar-refractivity contribution < 1.29 is 14.6 Å². The molecule has 3 heteroatoms. The number of carbonyl (C=O) groups excluding carboxylic acids is 1. The smallest absolute Gasteiger partial charge is 0.337 e. The highest BCUT2D eigenvalue weighted by Gasteiger charge is 2.26. The van der Waals surface area contributed by atoms with Crippen LogP contribution in [0.4, 0.5) is 0 Å². The minimum atomic E-state index is -1.40. The highest BCUT2D eigenvalue weighted by Crippen LogP contribution is 2.10. The van der Waals surface area contributed by atoms with Crippen LogP contribution in [0.3, 0.4) is 0 Å². The van der Waals surface area contributed by atoms with E-state index in [9.17, 15) is 9.90 Å². The predicted octanol–water partition coefficient (Wildman–Crippen LogP) is 2.44. The fourth-order valence-corrected chi connectivity index (χ4v) is 0.993. The van der Waals surface area contributed by atoms with Gasteiger partial charge < -0.3 is 9.84 Å². The van der Waals surface area contributed by atoms with Crippen molar-refractivity contribution in [1.29, 1.82) is 0 Å². The molecule has 0 spiro atoms. The van der Waals surface area contributed by atoms with Crippen LogP contribution in [-0.2, 0) is 9.53 Å². The summed E-state index contributed by atoms with van der Waals surface area (Å²) < 4.78 is 5.08. The third-order valence-corrected chi connectivity index (χ3v) is 1.93. The van der Waals surface area contributed by atoms with Crippen LogP contribution in [0.1, 0.15) is 47.5 Å². The highest BCUT2D eigenvalue weighted by molar-refractivity contribution is 5.78. The zero-order valence-corrected chi connectivity index (χ0v) is 10.3. The summed E-state index contributed by atoms with van der Waals surface area (Å²) in [4.78, 5) is 11.3. The van der Waals surface area contributed by atoms with Gasteiger partial charge in [0.1, 0.15) is 0 Å². The summed E-state index contributed by atoms with van der Waals surface area (Å²) in [5, 5.41) is 9.36. The van der Waals surface area contributed by atoms with Crippen molar-refractivity contribution in [3.8, 4) is 0 Å². The Labute approximate surface area is 92.1 Å². The van der Waals surface area contributed by atoms with Gasteiger partial charge in [0.15, 0.2) is 5.60 Å². The summed E-state index contributed by atoms with van der Waals surface area (Å²) in [6.45, 7) is 8.76. The van der Waals surface area contributed by atoms with Gasteiger partial charge in [-0.2, -0.15) is 0 Å². The monoisotopic (exact) mass is 214 g/mol. The zero-order chi connectivity index (χ0) is 12.1. The second-order valence-corrected chi connectivity index (χ2v) is 4.63. The average Bonchev–Trinajstić information content (AvgIpc) is 2.01. The van der Waals surface area contributed by atoms with Crippen LogP contribution in [-0.4, -0.2) is 22.8 Å². The molecule has 0 amide bonds. The lowest BCUT2D eigenvalue weighted by atomic mass is 10.1. The summed E-state index contributed by atoms with van der Waals surface area (Å²) >= 11 is 0. The summed E-state index contributed by atoms with van der Waals surface area (Å²) in [5.74, 6) is -0.563. The molecule has 0 aromatic rings. The van der Waals surface area contributed by atoms with E-state index in [0.717, 1.165) is 12.8 Å². The maximum absolute atomic E-state index is 11.3. The lowest BCUT2D eigenvalue weighted by molar-refractivity contribution is -0.166. The number of ether oxygens (including phenoxy) is 1. The van der Waals surface area contributed by atoms with Crippen molar-refractivity contribution in [2.24, 2.45) is 0 Å². The molecular weight excluding hydrogens is 192 g/mol. The summed E-state index contributed by atoms with van der Waals surface area (Å²) in [7, 11) is 0. The van der Waals surface area contributed by atoms with Crippen LogP contribution in [0.5, 0.6) is 0 Å². The Hall–Kier alpha value is -0.830. The Balaban J connectivity index is 3.90. The van der Waals surface area contributed by atoms with Crippen molar-refractivity contribution in [3.63, 3.8) is 0 Å². The van der Waals surface area contributed by atoms with E-state index < -0.39 is 11.6 Å². The molecule has 0 radical (unpaired) electrons. The SMILES string of the molecule is CC(C)=CCCC(C)OC(=O)C(C)(C)O. The molecule has 15 heavy (non-hydrogen) atoms. The van der Waals surface area contributed by atoms with Crippen molar-refractivity contribution in [1.82, 2.24) is 0 Å². The van der Waals surface area contributed by atoms with E-state index in [1.54, 1.807) is 0 Å². The molecule has 0 fully saturated rings. The minimum absolute atomic E-state index is 0.153. The van der Waals surface area contributed by atoms with Crippen molar-refractivity contribution in [2.45, 2.75) is 59.2 Å². The van der Waals surface area contributed by atoms with Crippen LogP contribution >= 0.6 is 0 Å². The normalized spacial score (nSPS) is 13.2. The molecule has 0 saturated heterocycles. The van der Waals surface area contributed by atoms with Gasteiger partial charge >= 0.3 is 5.97 Å². The van der Waals surface area contributed by atoms with Crippen molar-refractivity contribution in [3.05, 3.63) is 11.6 Å². The Bertz CT molecular complexity index is 232. The average molecular weight is 214 g/mol. The summed E-state index contributed by atoms with van der Waals surface area (Å²) in [6.07, 6.45) is 3.63. The van der Waals surface area contributed by atoms with Gasteiger partial charge in [-0.25, -0.2) is 4.79 Å². The number of rotatable bonds is 5. The van der Waals surface area contributed by atoms with E-state index in [2.05, 4.69) is 6.08 Å². The van der Waals surface area contributed by atoms with Gasteiger partial charge in [-0.15, -0.1) is 0 Å². The molecule has 3 nitrogen and oxygen atoms in total. The fourth-order valence-electron chi connectivity index (χ4n) is 0.993. The van der Waals surface area contributed by atoms with E-state index >= 15 is 0 Å². The Morgan fingerprint density at radius 2 is 2.00 bits per heavy atom. The number of carbonyl (C=O) groups is 1. The Morgan fingerprint density at radius 1 is 1.47 bits per heavy atom. The molecule has 0 aliphatic rings. The summed E-state index contributed by atoms with van der Waals surface area (Å²) in [6, 6.07) is 0. The van der Waals surface area contributed by atoms with E-state index in [4.69, 9.17) is 4.74 Å². The molecule has 1 N–H and O–H groups in total. The van der Waals surface area contributed by atoms with Crippen molar-refractivity contribution >= 4 is 5.97 Å². The van der Waals surface area contributed by atoms with Crippen LogP contribution in [0.25, 0.3) is 0 Å². The van der Waals surface area contributed by atoms with Crippen LogP contribution < -0.4 is 0 Å². The van der Waals surface area contributed by atoms with Gasteiger partial charge in [0, 0.05) is 0 Å². The largest absolute Gasteiger partial charge is 0.461 e. The van der Waals surface area contributed by atoms with E-state index in [1.165, 1.54) is 19.4 Å². The maximum atomic E-state index is 11.3. The van der Waals surface area contributed by atoms with Gasteiger partial charge in [-0.05, 0) is 47.5 Å². The maximum Gasteiger partial charge on any atom is 0.337 e. The van der Waals surface area contributed by atoms with Crippen LogP contribution in [0, 0.1) is 0 Å². The first-order valence-electron chi connectivity index (χ1n) is 5.30. The van der Waals surface area contributed by atoms with Crippen molar-refractivity contribution in [2.75, 3.05) is 0 Å². The van der Waals surface area contributed by atoms with Gasteiger partial charge in [-0.1, -0.05) is 11.6 Å². The van der Waals surface area contributed by atoms with Gasteiger partial charge in [-0.3, -0.25) is 0 Å². The molecule has 1 atom stereocenters. The van der Waals surface area contributed by atoms with Crippen LogP contribution in [0.15, 0.2) is 11.6 Å². The number of aliphatic hydroxyl groups is 1. The molecule has 0 aromatic heterocycles. The quantitative estimate of drug-likeness (QED) is 0.565. The zero-order valence-electron chi connectivity index (χ0n) is 10.3. The molecule has 0 heterocycles. The first-order chi connectivity index (χ1) is 6.73. The second kappa shape index (κ2) is 5.91. The molecule has 0 rings (SSSR count). The molecule has 0 bridgehead atoms. The molecule has 0 aliphatic carbocycles. The fraction of sp³-hybridized carbons (Fsp3) is 0.750. The lowest BCUT2D eigenvalue weighted by Crippen LogP contribution is -2.35. The predicted molar refractivity (Wildman–Crippen MR) is 60.5 cm³/mol. The molecule has 88 valence electrons. The third kappa shape index (κ3) is 7.14. The van der Waals surface area contributed by atoms with E-state index in [-0.39, 0.29) is 6.10 Å². The van der Waals surface area contributed by atoms with Gasteiger partial charge in [0.25, 0.3) is 0 Å². The third-order valence-electron chi connectivity index (χ3n) is 1.93. The number of hydrogen-bond acceptors (Lipinski definition) is 3. The molecule has 0 aliphatic heterocycles. The first kappa shape index (κ1) is 14.2. The van der Waals surface area contributed by atoms with E-state index in [1.807, 2.05) is 20.8 Å². The Kier molecular flexibility index (Phi) is 5.58. The number of esters is 1.